The number of carbonyl (C=O) groups is 1. The number of carbonyl (C=O) groups excluding carboxylic acids is 1. The van der Waals surface area contributed by atoms with Crippen molar-refractivity contribution in [1.29, 1.82) is 0 Å². The highest BCUT2D eigenvalue weighted by molar-refractivity contribution is 8.14. The van der Waals surface area contributed by atoms with Crippen molar-refractivity contribution in [3.63, 3.8) is 0 Å². The Balaban J connectivity index is 1.71. The van der Waals surface area contributed by atoms with Crippen LogP contribution in [0.5, 0.6) is 0 Å². The van der Waals surface area contributed by atoms with Crippen LogP contribution in [0.25, 0.3) is 0 Å². The zero-order valence-corrected chi connectivity index (χ0v) is 15.6. The van der Waals surface area contributed by atoms with E-state index in [0.29, 0.717) is 11.1 Å². The second kappa shape index (κ2) is 9.03. The molecule has 1 saturated heterocycles. The van der Waals surface area contributed by atoms with Crippen molar-refractivity contribution < 1.29 is 19.7 Å². The minimum absolute atomic E-state index is 0.0228. The van der Waals surface area contributed by atoms with Crippen LogP contribution in [-0.4, -0.2) is 49.4 Å². The number of hydrogen-bond acceptors (Lipinski definition) is 8. The maximum Gasteiger partial charge on any atom is 0.351 e. The first-order chi connectivity index (χ1) is 13.5. The molecule has 3 atom stereocenters. The molecule has 0 spiro atoms. The van der Waals surface area contributed by atoms with Crippen LogP contribution in [0.4, 0.5) is 5.82 Å². The van der Waals surface area contributed by atoms with E-state index < -0.39 is 24.1 Å². The minimum Gasteiger partial charge on any atom is -0.394 e. The Bertz CT molecular complexity index is 967. The molecular weight excluding hydrogens is 382 g/mol. The molecule has 0 radical (unpaired) electrons. The maximum atomic E-state index is 12.1. The first-order valence-corrected chi connectivity index (χ1v) is 9.52. The molecule has 3 rings (SSSR count). The summed E-state index contributed by atoms with van der Waals surface area (Å²) in [6, 6.07) is 8.88. The highest BCUT2D eigenvalue weighted by Crippen LogP contribution is 2.27. The topological polar surface area (TPSA) is 128 Å². The highest BCUT2D eigenvalue weighted by Gasteiger charge is 2.35. The Kier molecular flexibility index (Phi) is 6.49. The van der Waals surface area contributed by atoms with E-state index in [1.54, 1.807) is 24.3 Å². The van der Waals surface area contributed by atoms with E-state index in [9.17, 15) is 19.8 Å². The van der Waals surface area contributed by atoms with Gasteiger partial charge in [-0.25, -0.2) is 4.79 Å². The van der Waals surface area contributed by atoms with Crippen LogP contribution < -0.4 is 11.4 Å². The summed E-state index contributed by atoms with van der Waals surface area (Å²) in [6.07, 6.45) is -0.843. The zero-order valence-electron chi connectivity index (χ0n) is 14.8. The summed E-state index contributed by atoms with van der Waals surface area (Å²) in [5.41, 5.74) is 6.05. The second-order valence-electron chi connectivity index (χ2n) is 6.09. The third-order valence-electron chi connectivity index (χ3n) is 4.18. The molecule has 1 aliphatic heterocycles. The molecule has 0 aliphatic carbocycles. The van der Waals surface area contributed by atoms with Gasteiger partial charge in [0.1, 0.15) is 18.1 Å². The van der Waals surface area contributed by atoms with Crippen molar-refractivity contribution in [3.8, 4) is 11.8 Å². The molecule has 9 heteroatoms. The lowest BCUT2D eigenvalue weighted by Crippen LogP contribution is -2.28. The number of hydrogen-bond donors (Lipinski definition) is 3. The van der Waals surface area contributed by atoms with Crippen LogP contribution >= 0.6 is 11.8 Å². The second-order valence-corrected chi connectivity index (χ2v) is 7.04. The van der Waals surface area contributed by atoms with Crippen molar-refractivity contribution in [2.45, 2.75) is 24.9 Å². The largest absolute Gasteiger partial charge is 0.394 e. The number of nitrogen functional groups attached to an aromatic ring is 1. The van der Waals surface area contributed by atoms with Gasteiger partial charge in [-0.3, -0.25) is 9.36 Å². The Morgan fingerprint density at radius 2 is 2.14 bits per heavy atom. The summed E-state index contributed by atoms with van der Waals surface area (Å²) < 4.78 is 6.67. The minimum atomic E-state index is -0.880. The number of ether oxygens (including phenoxy) is 1. The van der Waals surface area contributed by atoms with Gasteiger partial charge in [-0.05, 0) is 0 Å². The number of anilines is 1. The van der Waals surface area contributed by atoms with Crippen LogP contribution in [0.15, 0.2) is 41.3 Å². The average molecular weight is 401 g/mol. The highest BCUT2D eigenvalue weighted by atomic mass is 32.2. The first-order valence-electron chi connectivity index (χ1n) is 8.53. The van der Waals surface area contributed by atoms with Gasteiger partial charge >= 0.3 is 5.69 Å². The van der Waals surface area contributed by atoms with Crippen molar-refractivity contribution in [3.05, 3.63) is 58.1 Å². The van der Waals surface area contributed by atoms with Crippen LogP contribution in [0.1, 0.15) is 28.6 Å². The van der Waals surface area contributed by atoms with Crippen molar-refractivity contribution >= 4 is 22.7 Å². The SMILES string of the molecule is Nc1nc(=O)n([C@H]2CC(O)[C@@H](CO)O2)cc1C#CCSC(=O)c1ccccc1. The number of rotatable bonds is 4. The monoisotopic (exact) mass is 401 g/mol. The summed E-state index contributed by atoms with van der Waals surface area (Å²) in [5, 5.41) is 18.9. The Hall–Kier alpha value is -2.64. The Labute approximate surface area is 165 Å². The first kappa shape index (κ1) is 20.1. The Morgan fingerprint density at radius 3 is 2.82 bits per heavy atom. The van der Waals surface area contributed by atoms with Crippen LogP contribution in [0.3, 0.4) is 0 Å². The molecule has 1 aromatic heterocycles. The van der Waals surface area contributed by atoms with Gasteiger partial charge in [-0.1, -0.05) is 53.9 Å². The summed E-state index contributed by atoms with van der Waals surface area (Å²) >= 11 is 1.06. The molecule has 4 N–H and O–H groups in total. The molecule has 2 heterocycles. The predicted octanol–water partition coefficient (Wildman–Crippen LogP) is 0.391. The number of nitrogens with two attached hydrogens (primary N) is 1. The van der Waals surface area contributed by atoms with Crippen molar-refractivity contribution in [1.82, 2.24) is 9.55 Å². The molecule has 0 bridgehead atoms. The molecule has 28 heavy (non-hydrogen) atoms. The van der Waals surface area contributed by atoms with Gasteiger partial charge in [-0.2, -0.15) is 4.98 Å². The van der Waals surface area contributed by atoms with Crippen molar-refractivity contribution in [2.24, 2.45) is 0 Å². The molecule has 146 valence electrons. The standard InChI is InChI=1S/C19H19N3O5S/c20-17-13(7-4-8-28-18(25)12-5-2-1-3-6-12)10-22(19(26)21-17)16-9-14(24)15(11-23)27-16/h1-3,5-6,10,14-16,23-24H,8-9,11H2,(H2,20,21,26)/t14?,15-,16-/m1/s1. The van der Waals surface area contributed by atoms with Gasteiger partial charge < -0.3 is 20.7 Å². The smallest absolute Gasteiger partial charge is 0.351 e. The molecule has 2 aromatic rings. The molecular formula is C19H19N3O5S. The maximum absolute atomic E-state index is 12.1. The van der Waals surface area contributed by atoms with Gasteiger partial charge in [0.05, 0.1) is 24.0 Å². The lowest BCUT2D eigenvalue weighted by Gasteiger charge is -2.14. The van der Waals surface area contributed by atoms with Crippen LogP contribution in [0.2, 0.25) is 0 Å². The molecule has 1 aliphatic rings. The van der Waals surface area contributed by atoms with Crippen LogP contribution in [-0.2, 0) is 4.74 Å². The molecule has 0 amide bonds. The van der Waals surface area contributed by atoms with E-state index >= 15 is 0 Å². The molecule has 8 nitrogen and oxygen atoms in total. The van der Waals surface area contributed by atoms with E-state index in [-0.39, 0.29) is 29.7 Å². The summed E-state index contributed by atoms with van der Waals surface area (Å²) in [4.78, 5) is 27.9. The Morgan fingerprint density at radius 1 is 1.39 bits per heavy atom. The summed E-state index contributed by atoms with van der Waals surface area (Å²) in [5.74, 6) is 5.87. The number of benzene rings is 1. The fourth-order valence-corrected chi connectivity index (χ4v) is 3.30. The van der Waals surface area contributed by atoms with Gasteiger partial charge in [0, 0.05) is 18.2 Å². The average Bonchev–Trinajstić information content (AvgIpc) is 3.07. The lowest BCUT2D eigenvalue weighted by atomic mass is 10.2. The lowest BCUT2D eigenvalue weighted by molar-refractivity contribution is -0.0458. The molecule has 1 fully saturated rings. The van der Waals surface area contributed by atoms with Gasteiger partial charge in [-0.15, -0.1) is 0 Å². The third-order valence-corrected chi connectivity index (χ3v) is 4.97. The fourth-order valence-electron chi connectivity index (χ4n) is 2.72. The van der Waals surface area contributed by atoms with Gasteiger partial charge in [0.2, 0.25) is 5.12 Å². The van der Waals surface area contributed by atoms with Crippen molar-refractivity contribution in [2.75, 3.05) is 18.1 Å². The third kappa shape index (κ3) is 4.61. The van der Waals surface area contributed by atoms with Gasteiger partial charge in [0.15, 0.2) is 0 Å². The van der Waals surface area contributed by atoms with E-state index in [4.69, 9.17) is 10.5 Å². The number of nitrogens with zero attached hydrogens (tertiary/aromatic N) is 2. The fraction of sp³-hybridized carbons (Fsp3) is 0.316. The molecule has 0 saturated carbocycles. The van der Waals surface area contributed by atoms with E-state index in [1.165, 1.54) is 10.8 Å². The summed E-state index contributed by atoms with van der Waals surface area (Å²) in [6.45, 7) is -0.353. The number of aliphatic hydroxyl groups is 2. The van der Waals surface area contributed by atoms with E-state index in [1.807, 2.05) is 6.07 Å². The summed E-state index contributed by atoms with van der Waals surface area (Å²) in [7, 11) is 0. The molecule has 1 unspecified atom stereocenters. The van der Waals surface area contributed by atoms with E-state index in [2.05, 4.69) is 16.8 Å². The normalized spacial score (nSPS) is 21.1. The molecule has 1 aromatic carbocycles. The quantitative estimate of drug-likeness (QED) is 0.628. The zero-order chi connectivity index (χ0) is 20.1. The number of aliphatic hydroxyl groups excluding tert-OH is 2. The predicted molar refractivity (Wildman–Crippen MR) is 105 cm³/mol. The number of aromatic nitrogens is 2. The van der Waals surface area contributed by atoms with Gasteiger partial charge in [0.25, 0.3) is 0 Å². The number of thioether (sulfide) groups is 1. The van der Waals surface area contributed by atoms with Crippen LogP contribution in [0, 0.1) is 11.8 Å². The van der Waals surface area contributed by atoms with E-state index in [0.717, 1.165) is 11.8 Å².